The predicted octanol–water partition coefficient (Wildman–Crippen LogP) is 2.58. The van der Waals surface area contributed by atoms with Gasteiger partial charge in [0.05, 0.1) is 0 Å². The molecule has 8 heteroatoms. The largest absolute Gasteiger partial charge is 0.478 e. The minimum absolute atomic E-state index is 0.0393. The molecule has 1 aromatic rings. The Morgan fingerprint density at radius 2 is 1.52 bits per heavy atom. The zero-order valence-electron chi connectivity index (χ0n) is 14.3. The molecule has 0 aliphatic rings. The van der Waals surface area contributed by atoms with Crippen LogP contribution in [0.3, 0.4) is 0 Å². The van der Waals surface area contributed by atoms with Gasteiger partial charge in [-0.1, -0.05) is 25.3 Å². The van der Waals surface area contributed by atoms with Gasteiger partial charge in [-0.3, -0.25) is 0 Å². The van der Waals surface area contributed by atoms with Crippen LogP contribution in [0.2, 0.25) is 0 Å². The van der Waals surface area contributed by atoms with Crippen molar-refractivity contribution < 1.29 is 39.0 Å². The van der Waals surface area contributed by atoms with E-state index in [2.05, 4.69) is 13.2 Å². The summed E-state index contributed by atoms with van der Waals surface area (Å²) in [5.41, 5.74) is -0.119. The van der Waals surface area contributed by atoms with Gasteiger partial charge in [0, 0.05) is 11.1 Å². The third-order valence-electron chi connectivity index (χ3n) is 2.88. The summed E-state index contributed by atoms with van der Waals surface area (Å²) in [7, 11) is 0. The molecule has 0 aliphatic heterocycles. The van der Waals surface area contributed by atoms with Crippen molar-refractivity contribution in [1.82, 2.24) is 0 Å². The fraction of sp³-hybridized carbons (Fsp3) is 0.235. The molecule has 0 aromatic heterocycles. The molecular weight excluding hydrogens is 330 g/mol. The highest BCUT2D eigenvalue weighted by atomic mass is 17.2. The van der Waals surface area contributed by atoms with Crippen LogP contribution < -0.4 is 4.84 Å². The molecular formula is C17H20NO7+. The molecule has 25 heavy (non-hydrogen) atoms. The molecule has 0 heterocycles. The lowest BCUT2D eigenvalue weighted by molar-refractivity contribution is -1.33. The Kier molecular flexibility index (Phi) is 6.46. The second-order valence-corrected chi connectivity index (χ2v) is 5.14. The van der Waals surface area contributed by atoms with E-state index in [1.165, 1.54) is 45.0 Å². The van der Waals surface area contributed by atoms with Crippen LogP contribution >= 0.6 is 0 Å². The lowest BCUT2D eigenvalue weighted by Crippen LogP contribution is -2.53. The highest BCUT2D eigenvalue weighted by Crippen LogP contribution is 2.25. The molecule has 0 unspecified atom stereocenters. The van der Waals surface area contributed by atoms with Gasteiger partial charge in [-0.2, -0.15) is 9.68 Å². The first-order chi connectivity index (χ1) is 11.6. The summed E-state index contributed by atoms with van der Waals surface area (Å²) in [6.45, 7) is 11.1. The molecule has 0 fully saturated rings. The van der Waals surface area contributed by atoms with Gasteiger partial charge in [0.25, 0.3) is 0 Å². The molecule has 0 atom stereocenters. The molecule has 134 valence electrons. The SMILES string of the molecule is C=C(C)C(=O)O[N+](CC)(OC(=O)C(=C)C)Oc1ccccc1C(=O)O. The first-order valence-corrected chi connectivity index (χ1v) is 7.30. The van der Waals surface area contributed by atoms with Crippen LogP contribution in [0, 0.1) is 0 Å². The third kappa shape index (κ3) is 5.18. The molecule has 0 saturated carbocycles. The quantitative estimate of drug-likeness (QED) is 0.437. The topological polar surface area (TPSA) is 99.1 Å². The Morgan fingerprint density at radius 1 is 1.04 bits per heavy atom. The van der Waals surface area contributed by atoms with Crippen LogP contribution in [-0.2, 0) is 19.3 Å². The van der Waals surface area contributed by atoms with Crippen molar-refractivity contribution in [3.8, 4) is 5.75 Å². The minimum atomic E-state index is -1.36. The number of benzene rings is 1. The maximum absolute atomic E-state index is 11.9. The van der Waals surface area contributed by atoms with Crippen molar-refractivity contribution in [3.05, 3.63) is 54.1 Å². The van der Waals surface area contributed by atoms with Crippen LogP contribution in [0.15, 0.2) is 48.6 Å². The van der Waals surface area contributed by atoms with Crippen LogP contribution in [0.5, 0.6) is 5.75 Å². The standard InChI is InChI=1S/C17H19NO7/c1-6-18(24-16(21)11(2)3,25-17(22)12(4)5)23-14-10-8-7-9-13(14)15(19)20/h7-10H,2,4,6H2,1,3,5H3/p+1. The smallest absolute Gasteiger partial charge is 0.404 e. The number of aromatic carboxylic acids is 1. The first-order valence-electron chi connectivity index (χ1n) is 7.30. The summed E-state index contributed by atoms with van der Waals surface area (Å²) in [4.78, 5) is 49.5. The number of hydrogen-bond acceptors (Lipinski definition) is 6. The van der Waals surface area contributed by atoms with Crippen molar-refractivity contribution in [3.63, 3.8) is 0 Å². The molecule has 1 N–H and O–H groups in total. The van der Waals surface area contributed by atoms with E-state index in [1.54, 1.807) is 0 Å². The van der Waals surface area contributed by atoms with Crippen molar-refractivity contribution in [1.29, 1.82) is 0 Å². The van der Waals surface area contributed by atoms with Gasteiger partial charge in [-0.05, 0) is 32.9 Å². The van der Waals surface area contributed by atoms with E-state index in [1.807, 2.05) is 0 Å². The van der Waals surface area contributed by atoms with E-state index in [0.29, 0.717) is 0 Å². The second kappa shape index (κ2) is 8.11. The van der Waals surface area contributed by atoms with E-state index >= 15 is 0 Å². The van der Waals surface area contributed by atoms with Crippen molar-refractivity contribution in [2.24, 2.45) is 0 Å². The number of carboxylic acid groups (broad SMARTS) is 1. The monoisotopic (exact) mass is 350 g/mol. The summed E-state index contributed by atoms with van der Waals surface area (Å²) in [5, 5.41) is 9.24. The van der Waals surface area contributed by atoms with E-state index in [-0.39, 0.29) is 29.0 Å². The van der Waals surface area contributed by atoms with Gasteiger partial charge in [0.1, 0.15) is 5.56 Å². The Bertz CT molecular complexity index is 695. The number of rotatable bonds is 8. The van der Waals surface area contributed by atoms with E-state index in [0.717, 1.165) is 0 Å². The van der Waals surface area contributed by atoms with Crippen molar-refractivity contribution in [2.75, 3.05) is 6.54 Å². The average molecular weight is 350 g/mol. The molecule has 0 radical (unpaired) electrons. The van der Waals surface area contributed by atoms with Gasteiger partial charge in [-0.15, -0.1) is 0 Å². The second-order valence-electron chi connectivity index (χ2n) is 5.14. The summed E-state index contributed by atoms with van der Waals surface area (Å²) >= 11 is 0. The molecule has 1 rings (SSSR count). The van der Waals surface area contributed by atoms with Gasteiger partial charge in [0.15, 0.2) is 0 Å². The molecule has 0 aliphatic carbocycles. The summed E-state index contributed by atoms with van der Waals surface area (Å²) in [5.74, 6) is -3.18. The van der Waals surface area contributed by atoms with Crippen LogP contribution in [0.25, 0.3) is 0 Å². The van der Waals surface area contributed by atoms with Crippen molar-refractivity contribution in [2.45, 2.75) is 20.8 Å². The third-order valence-corrected chi connectivity index (χ3v) is 2.88. The minimum Gasteiger partial charge on any atom is -0.478 e. The van der Waals surface area contributed by atoms with E-state index in [4.69, 9.17) is 14.5 Å². The zero-order chi connectivity index (χ0) is 19.2. The first kappa shape index (κ1) is 19.9. The predicted molar refractivity (Wildman–Crippen MR) is 86.6 cm³/mol. The van der Waals surface area contributed by atoms with Gasteiger partial charge >= 0.3 is 17.9 Å². The highest BCUT2D eigenvalue weighted by Gasteiger charge is 2.43. The summed E-state index contributed by atoms with van der Waals surface area (Å²) < 4.78 is 0. The molecule has 0 bridgehead atoms. The summed E-state index contributed by atoms with van der Waals surface area (Å²) in [6.07, 6.45) is 0. The number of hydrogen-bond donors (Lipinski definition) is 1. The fourth-order valence-electron chi connectivity index (χ4n) is 1.53. The molecule has 0 spiro atoms. The fourth-order valence-corrected chi connectivity index (χ4v) is 1.53. The lowest BCUT2D eigenvalue weighted by atomic mass is 10.2. The number of carboxylic acids is 1. The molecule has 1 aromatic carbocycles. The molecule has 8 nitrogen and oxygen atoms in total. The Morgan fingerprint density at radius 3 is 1.92 bits per heavy atom. The Hall–Kier alpha value is -3.13. The molecule has 0 saturated heterocycles. The zero-order valence-corrected chi connectivity index (χ0v) is 14.3. The number of carbonyl (C=O) groups is 3. The maximum Gasteiger partial charge on any atom is 0.404 e. The van der Waals surface area contributed by atoms with E-state index < -0.39 is 22.9 Å². The number of nitrogens with zero attached hydrogens (tertiary/aromatic N) is 1. The van der Waals surface area contributed by atoms with Gasteiger partial charge < -0.3 is 5.11 Å². The van der Waals surface area contributed by atoms with Gasteiger partial charge in [-0.25, -0.2) is 19.2 Å². The van der Waals surface area contributed by atoms with Crippen LogP contribution in [-0.4, -0.2) is 34.5 Å². The molecule has 0 amide bonds. The highest BCUT2D eigenvalue weighted by molar-refractivity contribution is 5.90. The van der Waals surface area contributed by atoms with Crippen LogP contribution in [0.4, 0.5) is 0 Å². The van der Waals surface area contributed by atoms with Crippen molar-refractivity contribution >= 4 is 17.9 Å². The van der Waals surface area contributed by atoms with Crippen LogP contribution in [0.1, 0.15) is 31.1 Å². The Balaban J connectivity index is 3.32. The Labute approximate surface area is 145 Å². The number of para-hydroxylation sites is 1. The van der Waals surface area contributed by atoms with E-state index in [9.17, 15) is 19.5 Å². The summed E-state index contributed by atoms with van der Waals surface area (Å²) in [6, 6.07) is 5.66. The average Bonchev–Trinajstić information content (AvgIpc) is 2.54. The number of hydroxylamine groups is 3. The maximum atomic E-state index is 11.9. The lowest BCUT2D eigenvalue weighted by Gasteiger charge is -2.27. The number of quaternary nitrogens is 1. The van der Waals surface area contributed by atoms with Gasteiger partial charge in [0.2, 0.25) is 17.3 Å². The number of carbonyl (C=O) groups excluding carboxylic acids is 2. The normalized spacial score (nSPS) is 10.5.